The zero-order valence-electron chi connectivity index (χ0n) is 18.3. The van der Waals surface area contributed by atoms with Crippen LogP contribution < -0.4 is 14.9 Å². The van der Waals surface area contributed by atoms with Gasteiger partial charge in [-0.25, -0.2) is 10.2 Å². The van der Waals surface area contributed by atoms with Crippen LogP contribution in [-0.4, -0.2) is 24.7 Å². The number of hydrogen-bond acceptors (Lipinski definition) is 5. The molecule has 1 amide bonds. The molecule has 0 spiro atoms. The Balaban J connectivity index is 1.51. The standard InChI is InChI=1S/C27H21ClN2O4/c1-18-10-12-20(13-11-18)27(32)34-24-15-14-19-6-2-3-7-21(19)22(24)16-29-30-26(31)17-33-25-9-5-4-8-23(25)28/h2-16H,17H2,1H3,(H,30,31). The highest BCUT2D eigenvalue weighted by molar-refractivity contribution is 6.32. The van der Waals surface area contributed by atoms with E-state index in [1.54, 1.807) is 42.5 Å². The zero-order chi connectivity index (χ0) is 23.9. The second-order valence-corrected chi connectivity index (χ2v) is 7.87. The summed E-state index contributed by atoms with van der Waals surface area (Å²) >= 11 is 6.03. The molecular weight excluding hydrogens is 452 g/mol. The summed E-state index contributed by atoms with van der Waals surface area (Å²) in [5, 5.41) is 6.22. The number of rotatable bonds is 7. The molecular formula is C27H21ClN2O4. The van der Waals surface area contributed by atoms with Crippen LogP contribution in [0.25, 0.3) is 10.8 Å². The molecule has 0 aromatic heterocycles. The average Bonchev–Trinajstić information content (AvgIpc) is 2.85. The number of carbonyl (C=O) groups is 2. The Morgan fingerprint density at radius 2 is 1.65 bits per heavy atom. The maximum Gasteiger partial charge on any atom is 0.343 e. The number of esters is 1. The third-order valence-corrected chi connectivity index (χ3v) is 5.31. The lowest BCUT2D eigenvalue weighted by atomic mass is 10.0. The second kappa shape index (κ2) is 10.6. The van der Waals surface area contributed by atoms with Crippen molar-refractivity contribution in [1.82, 2.24) is 5.43 Å². The molecule has 0 saturated heterocycles. The molecule has 4 aromatic rings. The van der Waals surface area contributed by atoms with E-state index in [1.807, 2.05) is 49.4 Å². The van der Waals surface area contributed by atoms with Gasteiger partial charge in [-0.1, -0.05) is 71.8 Å². The molecule has 0 unspecified atom stereocenters. The van der Waals surface area contributed by atoms with Crippen molar-refractivity contribution in [1.29, 1.82) is 0 Å². The van der Waals surface area contributed by atoms with Gasteiger partial charge in [-0.05, 0) is 48.0 Å². The molecule has 6 nitrogen and oxygen atoms in total. The minimum atomic E-state index is -0.484. The van der Waals surface area contributed by atoms with Crippen molar-refractivity contribution in [3.05, 3.63) is 107 Å². The van der Waals surface area contributed by atoms with Crippen LogP contribution in [0.3, 0.4) is 0 Å². The van der Waals surface area contributed by atoms with Crippen molar-refractivity contribution >= 4 is 40.5 Å². The quantitative estimate of drug-likeness (QED) is 0.165. The van der Waals surface area contributed by atoms with Gasteiger partial charge in [0.15, 0.2) is 6.61 Å². The fourth-order valence-electron chi connectivity index (χ4n) is 3.25. The van der Waals surface area contributed by atoms with Gasteiger partial charge in [0, 0.05) is 5.56 Å². The Morgan fingerprint density at radius 1 is 0.912 bits per heavy atom. The summed E-state index contributed by atoms with van der Waals surface area (Å²) in [4.78, 5) is 24.9. The van der Waals surface area contributed by atoms with Crippen LogP contribution in [0, 0.1) is 6.92 Å². The van der Waals surface area contributed by atoms with E-state index in [-0.39, 0.29) is 6.61 Å². The molecule has 0 radical (unpaired) electrons. The van der Waals surface area contributed by atoms with Crippen molar-refractivity contribution in [2.45, 2.75) is 6.92 Å². The summed E-state index contributed by atoms with van der Waals surface area (Å²) in [5.41, 5.74) is 4.47. The number of para-hydroxylation sites is 1. The minimum Gasteiger partial charge on any atom is -0.482 e. The summed E-state index contributed by atoms with van der Waals surface area (Å²) in [5.74, 6) is -0.214. The van der Waals surface area contributed by atoms with E-state index in [0.29, 0.717) is 27.6 Å². The minimum absolute atomic E-state index is 0.258. The highest BCUT2D eigenvalue weighted by Gasteiger charge is 2.14. The average molecular weight is 473 g/mol. The summed E-state index contributed by atoms with van der Waals surface area (Å²) < 4.78 is 11.1. The van der Waals surface area contributed by atoms with E-state index in [1.165, 1.54) is 6.21 Å². The fourth-order valence-corrected chi connectivity index (χ4v) is 3.44. The fraction of sp³-hybridized carbons (Fsp3) is 0.0741. The van der Waals surface area contributed by atoms with E-state index in [2.05, 4.69) is 10.5 Å². The van der Waals surface area contributed by atoms with Crippen molar-refractivity contribution < 1.29 is 19.1 Å². The molecule has 0 aliphatic carbocycles. The molecule has 0 bridgehead atoms. The van der Waals surface area contributed by atoms with Gasteiger partial charge in [0.2, 0.25) is 0 Å². The largest absolute Gasteiger partial charge is 0.482 e. The van der Waals surface area contributed by atoms with Gasteiger partial charge in [0.25, 0.3) is 5.91 Å². The third kappa shape index (κ3) is 5.60. The van der Waals surface area contributed by atoms with Gasteiger partial charge in [0.1, 0.15) is 11.5 Å². The monoisotopic (exact) mass is 472 g/mol. The lowest BCUT2D eigenvalue weighted by Gasteiger charge is -2.11. The van der Waals surface area contributed by atoms with E-state index in [9.17, 15) is 9.59 Å². The molecule has 4 aromatic carbocycles. The molecule has 0 heterocycles. The van der Waals surface area contributed by atoms with E-state index in [4.69, 9.17) is 21.1 Å². The zero-order valence-corrected chi connectivity index (χ0v) is 19.1. The second-order valence-electron chi connectivity index (χ2n) is 7.47. The van der Waals surface area contributed by atoms with Gasteiger partial charge in [-0.2, -0.15) is 5.10 Å². The molecule has 7 heteroatoms. The number of ether oxygens (including phenoxy) is 2. The van der Waals surface area contributed by atoms with Gasteiger partial charge in [-0.15, -0.1) is 0 Å². The molecule has 0 saturated carbocycles. The van der Waals surface area contributed by atoms with Crippen LogP contribution in [0.5, 0.6) is 11.5 Å². The summed E-state index contributed by atoms with van der Waals surface area (Å²) in [6.45, 7) is 1.69. The third-order valence-electron chi connectivity index (χ3n) is 5.00. The van der Waals surface area contributed by atoms with E-state index in [0.717, 1.165) is 16.3 Å². The lowest BCUT2D eigenvalue weighted by Crippen LogP contribution is -2.24. The molecule has 170 valence electrons. The summed E-state index contributed by atoms with van der Waals surface area (Å²) in [6, 6.07) is 25.2. The number of benzene rings is 4. The number of amides is 1. The van der Waals surface area contributed by atoms with Crippen molar-refractivity contribution in [2.24, 2.45) is 5.10 Å². The molecule has 0 aliphatic heterocycles. The summed E-state index contributed by atoms with van der Waals surface area (Å²) in [6.07, 6.45) is 1.45. The maximum atomic E-state index is 12.7. The Labute approximate surface area is 201 Å². The lowest BCUT2D eigenvalue weighted by molar-refractivity contribution is -0.123. The number of nitrogens with zero attached hydrogens (tertiary/aromatic N) is 1. The van der Waals surface area contributed by atoms with Crippen molar-refractivity contribution in [3.63, 3.8) is 0 Å². The number of aryl methyl sites for hydroxylation is 1. The van der Waals surface area contributed by atoms with E-state index < -0.39 is 11.9 Å². The summed E-state index contributed by atoms with van der Waals surface area (Å²) in [7, 11) is 0. The van der Waals surface area contributed by atoms with E-state index >= 15 is 0 Å². The van der Waals surface area contributed by atoms with Crippen LogP contribution >= 0.6 is 11.6 Å². The van der Waals surface area contributed by atoms with Crippen LogP contribution in [-0.2, 0) is 4.79 Å². The maximum absolute atomic E-state index is 12.7. The molecule has 0 aliphatic rings. The van der Waals surface area contributed by atoms with Crippen LogP contribution in [0.15, 0.2) is 90.0 Å². The highest BCUT2D eigenvalue weighted by Crippen LogP contribution is 2.27. The number of hydrogen-bond donors (Lipinski definition) is 1. The SMILES string of the molecule is Cc1ccc(C(=O)Oc2ccc3ccccc3c2C=NNC(=O)COc2ccccc2Cl)cc1. The molecule has 0 atom stereocenters. The Hall–Kier alpha value is -4.16. The van der Waals surface area contributed by atoms with Crippen molar-refractivity contribution in [2.75, 3.05) is 6.61 Å². The predicted octanol–water partition coefficient (Wildman–Crippen LogP) is 5.55. The number of fused-ring (bicyclic) bond motifs is 1. The van der Waals surface area contributed by atoms with Crippen LogP contribution in [0.2, 0.25) is 5.02 Å². The predicted molar refractivity (Wildman–Crippen MR) is 133 cm³/mol. The first-order chi connectivity index (χ1) is 16.5. The van der Waals surface area contributed by atoms with Crippen molar-refractivity contribution in [3.8, 4) is 11.5 Å². The first kappa shape index (κ1) is 23.0. The number of nitrogens with one attached hydrogen (secondary N) is 1. The Morgan fingerprint density at radius 3 is 2.44 bits per heavy atom. The molecule has 0 fully saturated rings. The highest BCUT2D eigenvalue weighted by atomic mass is 35.5. The molecule has 4 rings (SSSR count). The van der Waals surface area contributed by atoms with Gasteiger partial charge in [0.05, 0.1) is 16.8 Å². The first-order valence-corrected chi connectivity index (χ1v) is 10.9. The Bertz CT molecular complexity index is 1370. The van der Waals surface area contributed by atoms with Crippen LogP contribution in [0.4, 0.5) is 0 Å². The number of carbonyl (C=O) groups excluding carboxylic acids is 2. The topological polar surface area (TPSA) is 77.0 Å². The van der Waals surface area contributed by atoms with Gasteiger partial charge < -0.3 is 9.47 Å². The van der Waals surface area contributed by atoms with Crippen LogP contribution in [0.1, 0.15) is 21.5 Å². The molecule has 34 heavy (non-hydrogen) atoms. The molecule has 1 N–H and O–H groups in total. The smallest absolute Gasteiger partial charge is 0.343 e. The number of halogens is 1. The Kier molecular flexibility index (Phi) is 7.20. The normalized spacial score (nSPS) is 10.9. The number of hydrazone groups is 1. The van der Waals surface area contributed by atoms with Gasteiger partial charge in [-0.3, -0.25) is 4.79 Å². The first-order valence-electron chi connectivity index (χ1n) is 10.5. The van der Waals surface area contributed by atoms with Gasteiger partial charge >= 0.3 is 5.97 Å².